The second-order valence-electron chi connectivity index (χ2n) is 3.36. The van der Waals surface area contributed by atoms with Gasteiger partial charge in [0.05, 0.1) is 24.7 Å². The van der Waals surface area contributed by atoms with E-state index in [0.29, 0.717) is 18.4 Å². The molecule has 1 rings (SSSR count). The molecule has 0 saturated carbocycles. The van der Waals surface area contributed by atoms with Crippen molar-refractivity contribution in [2.24, 2.45) is 0 Å². The average molecular weight is 192 g/mol. The summed E-state index contributed by atoms with van der Waals surface area (Å²) in [5.41, 5.74) is 0.987. The van der Waals surface area contributed by atoms with E-state index in [2.05, 4.69) is 30.4 Å². The predicted octanol–water partition coefficient (Wildman–Crippen LogP) is 2.55. The zero-order valence-corrected chi connectivity index (χ0v) is 8.73. The summed E-state index contributed by atoms with van der Waals surface area (Å²) < 4.78 is 5.34. The quantitative estimate of drug-likeness (QED) is 0.531. The molecule has 0 bridgehead atoms. The van der Waals surface area contributed by atoms with Gasteiger partial charge < -0.3 is 4.74 Å². The summed E-state index contributed by atoms with van der Waals surface area (Å²) in [5.74, 6) is 0.987. The third-order valence-electron chi connectivity index (χ3n) is 1.81. The lowest BCUT2D eigenvalue weighted by molar-refractivity contribution is 0.310. The van der Waals surface area contributed by atoms with Crippen LogP contribution in [0.2, 0.25) is 0 Å². The van der Waals surface area contributed by atoms with Crippen molar-refractivity contribution in [1.82, 2.24) is 9.97 Å². The van der Waals surface area contributed by atoms with Crippen LogP contribution in [-0.2, 0) is 0 Å². The van der Waals surface area contributed by atoms with Gasteiger partial charge in [-0.1, -0.05) is 19.9 Å². The normalized spacial score (nSPS) is 10.2. The maximum Gasteiger partial charge on any atom is 0.232 e. The molecule has 0 aliphatic heterocycles. The van der Waals surface area contributed by atoms with Gasteiger partial charge in [-0.2, -0.15) is 0 Å². The topological polar surface area (TPSA) is 35.0 Å². The van der Waals surface area contributed by atoms with Crippen LogP contribution in [-0.4, -0.2) is 16.6 Å². The summed E-state index contributed by atoms with van der Waals surface area (Å²) in [6.45, 7) is 8.39. The molecule has 0 aromatic carbocycles. The number of nitrogens with zero attached hydrogens (tertiary/aromatic N) is 2. The highest BCUT2D eigenvalue weighted by atomic mass is 16.5. The summed E-state index contributed by atoms with van der Waals surface area (Å²) in [7, 11) is 0. The van der Waals surface area contributed by atoms with Gasteiger partial charge in [0.1, 0.15) is 0 Å². The van der Waals surface area contributed by atoms with E-state index in [0.717, 1.165) is 12.1 Å². The van der Waals surface area contributed by atoms with E-state index < -0.39 is 0 Å². The first-order valence-corrected chi connectivity index (χ1v) is 4.79. The second kappa shape index (κ2) is 5.37. The molecule has 0 radical (unpaired) electrons. The molecule has 0 N–H and O–H groups in total. The van der Waals surface area contributed by atoms with Crippen LogP contribution in [0.1, 0.15) is 31.9 Å². The highest BCUT2D eigenvalue weighted by molar-refractivity contribution is 5.09. The Morgan fingerprint density at radius 3 is 2.71 bits per heavy atom. The monoisotopic (exact) mass is 192 g/mol. The molecular weight excluding hydrogens is 176 g/mol. The van der Waals surface area contributed by atoms with Crippen LogP contribution in [0.25, 0.3) is 0 Å². The van der Waals surface area contributed by atoms with E-state index >= 15 is 0 Å². The first kappa shape index (κ1) is 10.7. The Morgan fingerprint density at radius 2 is 2.21 bits per heavy atom. The largest absolute Gasteiger partial charge is 0.476 e. The molecule has 14 heavy (non-hydrogen) atoms. The van der Waals surface area contributed by atoms with Crippen molar-refractivity contribution in [3.05, 3.63) is 30.7 Å². The summed E-state index contributed by atoms with van der Waals surface area (Å²) >= 11 is 0. The molecule has 0 saturated heterocycles. The molecule has 0 aliphatic carbocycles. The maximum absolute atomic E-state index is 5.34. The number of ether oxygens (including phenoxy) is 1. The van der Waals surface area contributed by atoms with E-state index in [1.165, 1.54) is 0 Å². The van der Waals surface area contributed by atoms with Gasteiger partial charge in [-0.15, -0.1) is 6.58 Å². The fourth-order valence-electron chi connectivity index (χ4n) is 0.946. The van der Waals surface area contributed by atoms with Crippen LogP contribution >= 0.6 is 0 Å². The van der Waals surface area contributed by atoms with Gasteiger partial charge in [0.15, 0.2) is 0 Å². The van der Waals surface area contributed by atoms with Crippen LogP contribution in [0.4, 0.5) is 0 Å². The standard InChI is InChI=1S/C11H16N2O/c1-4-5-6-14-11-8-12-10(7-13-11)9(2)3/h4,7-9H,1,5-6H2,2-3H3. The summed E-state index contributed by atoms with van der Waals surface area (Å²) in [6.07, 6.45) is 6.07. The van der Waals surface area contributed by atoms with Gasteiger partial charge in [-0.3, -0.25) is 4.98 Å². The Labute approximate surface area is 84.8 Å². The van der Waals surface area contributed by atoms with Crippen molar-refractivity contribution in [2.75, 3.05) is 6.61 Å². The second-order valence-corrected chi connectivity index (χ2v) is 3.36. The van der Waals surface area contributed by atoms with Crippen LogP contribution in [0.5, 0.6) is 5.88 Å². The number of aromatic nitrogens is 2. The molecule has 3 nitrogen and oxygen atoms in total. The lowest BCUT2D eigenvalue weighted by Crippen LogP contribution is -2.00. The van der Waals surface area contributed by atoms with Crippen LogP contribution in [0, 0.1) is 0 Å². The van der Waals surface area contributed by atoms with Crippen molar-refractivity contribution >= 4 is 0 Å². The zero-order valence-electron chi connectivity index (χ0n) is 8.73. The molecule has 0 fully saturated rings. The molecule has 1 heterocycles. The van der Waals surface area contributed by atoms with Crippen molar-refractivity contribution in [3.8, 4) is 5.88 Å². The predicted molar refractivity (Wildman–Crippen MR) is 56.4 cm³/mol. The maximum atomic E-state index is 5.34. The fourth-order valence-corrected chi connectivity index (χ4v) is 0.946. The van der Waals surface area contributed by atoms with E-state index in [1.807, 2.05) is 6.08 Å². The molecular formula is C11H16N2O. The third kappa shape index (κ3) is 3.17. The van der Waals surface area contributed by atoms with E-state index in [-0.39, 0.29) is 0 Å². The Morgan fingerprint density at radius 1 is 1.43 bits per heavy atom. The third-order valence-corrected chi connectivity index (χ3v) is 1.81. The van der Waals surface area contributed by atoms with Crippen molar-refractivity contribution in [3.63, 3.8) is 0 Å². The van der Waals surface area contributed by atoms with E-state index in [1.54, 1.807) is 12.4 Å². The van der Waals surface area contributed by atoms with E-state index in [4.69, 9.17) is 4.74 Å². The Balaban J connectivity index is 2.51. The Kier molecular flexibility index (Phi) is 4.11. The summed E-state index contributed by atoms with van der Waals surface area (Å²) in [4.78, 5) is 8.40. The molecule has 76 valence electrons. The van der Waals surface area contributed by atoms with Crippen LogP contribution in [0.3, 0.4) is 0 Å². The molecule has 0 atom stereocenters. The molecule has 0 amide bonds. The number of hydrogen-bond donors (Lipinski definition) is 0. The molecule has 1 aromatic heterocycles. The van der Waals surface area contributed by atoms with E-state index in [9.17, 15) is 0 Å². The first-order chi connectivity index (χ1) is 6.74. The SMILES string of the molecule is C=CCCOc1cnc(C(C)C)cn1. The van der Waals surface area contributed by atoms with Gasteiger partial charge in [0, 0.05) is 0 Å². The van der Waals surface area contributed by atoms with Crippen molar-refractivity contribution < 1.29 is 4.74 Å². The van der Waals surface area contributed by atoms with Gasteiger partial charge in [-0.25, -0.2) is 4.98 Å². The zero-order chi connectivity index (χ0) is 10.4. The highest BCUT2D eigenvalue weighted by Gasteiger charge is 2.01. The number of hydrogen-bond acceptors (Lipinski definition) is 3. The smallest absolute Gasteiger partial charge is 0.232 e. The summed E-state index contributed by atoms with van der Waals surface area (Å²) in [6, 6.07) is 0. The number of rotatable bonds is 5. The molecule has 1 aromatic rings. The molecule has 0 unspecified atom stereocenters. The average Bonchev–Trinajstić information content (AvgIpc) is 2.19. The van der Waals surface area contributed by atoms with Gasteiger partial charge in [0.25, 0.3) is 0 Å². The molecule has 0 spiro atoms. The minimum Gasteiger partial charge on any atom is -0.476 e. The minimum atomic E-state index is 0.407. The first-order valence-electron chi connectivity index (χ1n) is 4.79. The highest BCUT2D eigenvalue weighted by Crippen LogP contribution is 2.12. The summed E-state index contributed by atoms with van der Waals surface area (Å²) in [5, 5.41) is 0. The van der Waals surface area contributed by atoms with Crippen LogP contribution < -0.4 is 4.74 Å². The lowest BCUT2D eigenvalue weighted by atomic mass is 10.1. The van der Waals surface area contributed by atoms with Gasteiger partial charge in [-0.05, 0) is 12.3 Å². The Hall–Kier alpha value is -1.38. The lowest BCUT2D eigenvalue weighted by Gasteiger charge is -2.05. The fraction of sp³-hybridized carbons (Fsp3) is 0.455. The van der Waals surface area contributed by atoms with Gasteiger partial charge >= 0.3 is 0 Å². The molecule has 3 heteroatoms. The van der Waals surface area contributed by atoms with Crippen LogP contribution in [0.15, 0.2) is 25.0 Å². The molecule has 0 aliphatic rings. The van der Waals surface area contributed by atoms with Crippen molar-refractivity contribution in [1.29, 1.82) is 0 Å². The van der Waals surface area contributed by atoms with Crippen molar-refractivity contribution in [2.45, 2.75) is 26.2 Å². The Bertz CT molecular complexity index is 280. The van der Waals surface area contributed by atoms with Gasteiger partial charge in [0.2, 0.25) is 5.88 Å². The minimum absolute atomic E-state index is 0.407.